The van der Waals surface area contributed by atoms with Gasteiger partial charge in [-0.05, 0) is 44.1 Å². The molecule has 1 rings (SSSR count). The lowest BCUT2D eigenvalue weighted by Crippen LogP contribution is -1.98. The lowest BCUT2D eigenvalue weighted by molar-refractivity contribution is -0.385. The van der Waals surface area contributed by atoms with Crippen molar-refractivity contribution in [3.8, 4) is 0 Å². The zero-order valence-corrected chi connectivity index (χ0v) is 14.1. The predicted octanol–water partition coefficient (Wildman–Crippen LogP) is 5.03. The number of halogens is 2. The molecule has 106 valence electrons. The quantitative estimate of drug-likeness (QED) is 0.256. The normalized spacial score (nSPS) is 10.6. The molecular weight excluding hydrogens is 374 g/mol. The van der Waals surface area contributed by atoms with Crippen LogP contribution in [-0.2, 0) is 12.8 Å². The van der Waals surface area contributed by atoms with Crippen LogP contribution < -0.4 is 0 Å². The summed E-state index contributed by atoms with van der Waals surface area (Å²) in [7, 11) is 0. The molecular formula is C14H19Br2NO2. The minimum absolute atomic E-state index is 0.253. The Morgan fingerprint density at radius 1 is 1.00 bits per heavy atom. The van der Waals surface area contributed by atoms with Crippen molar-refractivity contribution in [3.05, 3.63) is 39.4 Å². The van der Waals surface area contributed by atoms with Gasteiger partial charge >= 0.3 is 0 Å². The summed E-state index contributed by atoms with van der Waals surface area (Å²) >= 11 is 6.77. The molecule has 0 radical (unpaired) electrons. The number of alkyl halides is 2. The molecule has 0 N–H and O–H groups in total. The molecule has 5 heteroatoms. The van der Waals surface area contributed by atoms with E-state index in [9.17, 15) is 10.1 Å². The standard InChI is InChI=1S/C14H19Br2NO2/c15-9-3-1-5-12-7-8-13(6-2-4-10-16)14(11-12)17(18)19/h7-8,11H,1-6,9-10H2. The Kier molecular flexibility index (Phi) is 8.30. The number of nitro groups is 1. The van der Waals surface area contributed by atoms with E-state index in [4.69, 9.17) is 0 Å². The van der Waals surface area contributed by atoms with Crippen molar-refractivity contribution in [2.75, 3.05) is 10.7 Å². The third-order valence-corrected chi connectivity index (χ3v) is 4.15. The first-order chi connectivity index (χ1) is 9.19. The summed E-state index contributed by atoms with van der Waals surface area (Å²) in [5.74, 6) is 0. The van der Waals surface area contributed by atoms with Crippen LogP contribution >= 0.6 is 31.9 Å². The number of rotatable bonds is 9. The lowest BCUT2D eigenvalue weighted by atomic mass is 10.0. The number of nitro benzene ring substituents is 1. The molecule has 0 atom stereocenters. The van der Waals surface area contributed by atoms with Crippen LogP contribution in [-0.4, -0.2) is 15.6 Å². The molecule has 0 aliphatic rings. The zero-order valence-electron chi connectivity index (χ0n) is 10.9. The van der Waals surface area contributed by atoms with Gasteiger partial charge in [0.2, 0.25) is 0 Å². The van der Waals surface area contributed by atoms with Crippen LogP contribution in [0.15, 0.2) is 18.2 Å². The Morgan fingerprint density at radius 2 is 1.63 bits per heavy atom. The lowest BCUT2D eigenvalue weighted by Gasteiger charge is -2.06. The van der Waals surface area contributed by atoms with Gasteiger partial charge in [-0.1, -0.05) is 44.0 Å². The van der Waals surface area contributed by atoms with Gasteiger partial charge in [0.15, 0.2) is 0 Å². The van der Waals surface area contributed by atoms with Gasteiger partial charge < -0.3 is 0 Å². The van der Waals surface area contributed by atoms with Crippen LogP contribution in [0.1, 0.15) is 36.8 Å². The van der Waals surface area contributed by atoms with Gasteiger partial charge in [-0.25, -0.2) is 0 Å². The van der Waals surface area contributed by atoms with Crippen LogP contribution in [0.2, 0.25) is 0 Å². The molecule has 0 heterocycles. The molecule has 19 heavy (non-hydrogen) atoms. The van der Waals surface area contributed by atoms with E-state index in [1.54, 1.807) is 6.07 Å². The van der Waals surface area contributed by atoms with Gasteiger partial charge in [-0.2, -0.15) is 0 Å². The van der Waals surface area contributed by atoms with Crippen molar-refractivity contribution in [2.45, 2.75) is 38.5 Å². The number of hydrogen-bond donors (Lipinski definition) is 0. The van der Waals surface area contributed by atoms with Gasteiger partial charge in [0.25, 0.3) is 5.69 Å². The molecule has 0 aliphatic heterocycles. The topological polar surface area (TPSA) is 43.1 Å². The first-order valence-corrected chi connectivity index (χ1v) is 8.81. The summed E-state index contributed by atoms with van der Waals surface area (Å²) in [6.07, 6.45) is 5.88. The van der Waals surface area contributed by atoms with Crippen molar-refractivity contribution < 1.29 is 4.92 Å². The van der Waals surface area contributed by atoms with E-state index in [1.807, 2.05) is 12.1 Å². The maximum absolute atomic E-state index is 11.1. The van der Waals surface area contributed by atoms with Crippen molar-refractivity contribution in [1.82, 2.24) is 0 Å². The second kappa shape index (κ2) is 9.48. The first-order valence-electron chi connectivity index (χ1n) is 6.57. The monoisotopic (exact) mass is 391 g/mol. The molecule has 0 saturated heterocycles. The van der Waals surface area contributed by atoms with E-state index in [0.717, 1.165) is 60.3 Å². The fourth-order valence-electron chi connectivity index (χ4n) is 1.98. The maximum atomic E-state index is 11.1. The Balaban J connectivity index is 2.73. The summed E-state index contributed by atoms with van der Waals surface area (Å²) in [5, 5.41) is 13.1. The zero-order chi connectivity index (χ0) is 14.1. The Morgan fingerprint density at radius 3 is 2.21 bits per heavy atom. The third kappa shape index (κ3) is 6.04. The molecule has 3 nitrogen and oxygen atoms in total. The van der Waals surface area contributed by atoms with Crippen molar-refractivity contribution >= 4 is 37.5 Å². The molecule has 1 aromatic rings. The van der Waals surface area contributed by atoms with E-state index >= 15 is 0 Å². The van der Waals surface area contributed by atoms with E-state index in [0.29, 0.717) is 0 Å². The van der Waals surface area contributed by atoms with Gasteiger partial charge in [0, 0.05) is 22.3 Å². The fraction of sp³-hybridized carbons (Fsp3) is 0.571. The second-order valence-corrected chi connectivity index (χ2v) is 6.10. The fourth-order valence-corrected chi connectivity index (χ4v) is 2.77. The highest BCUT2D eigenvalue weighted by molar-refractivity contribution is 9.09. The molecule has 0 bridgehead atoms. The number of nitrogens with zero attached hydrogens (tertiary/aromatic N) is 1. The second-order valence-electron chi connectivity index (χ2n) is 4.51. The van der Waals surface area contributed by atoms with Crippen LogP contribution in [0.25, 0.3) is 0 Å². The van der Waals surface area contributed by atoms with Crippen LogP contribution in [0.5, 0.6) is 0 Å². The molecule has 0 unspecified atom stereocenters. The predicted molar refractivity (Wildman–Crippen MR) is 86.6 cm³/mol. The van der Waals surface area contributed by atoms with Crippen LogP contribution in [0, 0.1) is 10.1 Å². The van der Waals surface area contributed by atoms with Crippen molar-refractivity contribution in [2.24, 2.45) is 0 Å². The van der Waals surface area contributed by atoms with E-state index < -0.39 is 0 Å². The molecule has 0 spiro atoms. The highest BCUT2D eigenvalue weighted by atomic mass is 79.9. The average Bonchev–Trinajstić information content (AvgIpc) is 2.40. The summed E-state index contributed by atoms with van der Waals surface area (Å²) in [6.45, 7) is 0. The Labute approximate surface area is 131 Å². The molecule has 0 aromatic heterocycles. The molecule has 1 aromatic carbocycles. The van der Waals surface area contributed by atoms with Crippen LogP contribution in [0.3, 0.4) is 0 Å². The Bertz CT molecular complexity index is 410. The average molecular weight is 393 g/mol. The highest BCUT2D eigenvalue weighted by Gasteiger charge is 2.13. The van der Waals surface area contributed by atoms with Gasteiger partial charge in [0.05, 0.1) is 4.92 Å². The number of unbranched alkanes of at least 4 members (excludes halogenated alkanes) is 2. The SMILES string of the molecule is O=[N+]([O-])c1cc(CCCCBr)ccc1CCCCBr. The first kappa shape index (κ1) is 16.6. The Hall–Kier alpha value is -0.420. The molecule has 0 fully saturated rings. The number of benzene rings is 1. The third-order valence-electron chi connectivity index (χ3n) is 3.03. The highest BCUT2D eigenvalue weighted by Crippen LogP contribution is 2.23. The summed E-state index contributed by atoms with van der Waals surface area (Å²) in [4.78, 5) is 10.9. The largest absolute Gasteiger partial charge is 0.272 e. The molecule has 0 saturated carbocycles. The summed E-state index contributed by atoms with van der Waals surface area (Å²) in [5.41, 5.74) is 2.21. The maximum Gasteiger partial charge on any atom is 0.272 e. The number of hydrogen-bond acceptors (Lipinski definition) is 2. The van der Waals surface area contributed by atoms with E-state index in [-0.39, 0.29) is 10.6 Å². The van der Waals surface area contributed by atoms with Gasteiger partial charge in [0.1, 0.15) is 0 Å². The minimum atomic E-state index is -0.253. The van der Waals surface area contributed by atoms with E-state index in [1.165, 1.54) is 0 Å². The summed E-state index contributed by atoms with van der Waals surface area (Å²) in [6, 6.07) is 5.71. The minimum Gasteiger partial charge on any atom is -0.258 e. The van der Waals surface area contributed by atoms with Gasteiger partial charge in [-0.3, -0.25) is 10.1 Å². The van der Waals surface area contributed by atoms with Crippen molar-refractivity contribution in [1.29, 1.82) is 0 Å². The van der Waals surface area contributed by atoms with Crippen LogP contribution in [0.4, 0.5) is 5.69 Å². The molecule has 0 aliphatic carbocycles. The molecule has 0 amide bonds. The van der Waals surface area contributed by atoms with E-state index in [2.05, 4.69) is 31.9 Å². The van der Waals surface area contributed by atoms with Gasteiger partial charge in [-0.15, -0.1) is 0 Å². The summed E-state index contributed by atoms with van der Waals surface area (Å²) < 4.78 is 0. The number of aryl methyl sites for hydroxylation is 2. The smallest absolute Gasteiger partial charge is 0.258 e. The van der Waals surface area contributed by atoms with Crippen molar-refractivity contribution in [3.63, 3.8) is 0 Å².